The predicted octanol–water partition coefficient (Wildman–Crippen LogP) is 4.07. The van der Waals surface area contributed by atoms with Crippen molar-refractivity contribution in [3.05, 3.63) is 65.5 Å². The van der Waals surface area contributed by atoms with Gasteiger partial charge in [0.25, 0.3) is 5.95 Å². The van der Waals surface area contributed by atoms with Gasteiger partial charge in [-0.05, 0) is 36.8 Å². The summed E-state index contributed by atoms with van der Waals surface area (Å²) in [6.45, 7) is 8.00. The average Bonchev–Trinajstić information content (AvgIpc) is 3.24. The lowest BCUT2D eigenvalue weighted by atomic mass is 9.92. The van der Waals surface area contributed by atoms with Crippen LogP contribution in [0.3, 0.4) is 0 Å². The maximum absolute atomic E-state index is 13.7. The van der Waals surface area contributed by atoms with Gasteiger partial charge in [0.05, 0.1) is 12.1 Å². The van der Waals surface area contributed by atoms with Crippen molar-refractivity contribution in [3.8, 4) is 5.95 Å². The molecule has 0 aliphatic heterocycles. The maximum atomic E-state index is 13.7. The molecule has 7 nitrogen and oxygen atoms in total. The molecule has 1 aromatic carbocycles. The number of aromatic nitrogens is 5. The number of rotatable bonds is 4. The Balaban J connectivity index is 1.66. The van der Waals surface area contributed by atoms with Crippen LogP contribution in [0.4, 0.5) is 10.2 Å². The minimum atomic E-state index is -0.336. The highest BCUT2D eigenvalue weighted by Gasteiger charge is 2.23. The molecule has 0 aliphatic carbocycles. The van der Waals surface area contributed by atoms with Crippen molar-refractivity contribution in [2.75, 3.05) is 5.32 Å². The molecule has 0 aliphatic rings. The van der Waals surface area contributed by atoms with Gasteiger partial charge in [-0.15, -0.1) is 0 Å². The van der Waals surface area contributed by atoms with Crippen molar-refractivity contribution >= 4 is 22.6 Å². The topological polar surface area (TPSA) is 88.5 Å². The Bertz CT molecular complexity index is 1220. The number of hydrogen-bond donors (Lipinski definition) is 2. The second-order valence-corrected chi connectivity index (χ2v) is 8.27. The normalized spacial score (nSPS) is 11.8. The van der Waals surface area contributed by atoms with Crippen LogP contribution < -0.4 is 5.32 Å². The number of amides is 1. The quantitative estimate of drug-likeness (QED) is 0.535. The second kappa shape index (κ2) is 7.37. The Kier molecular flexibility index (Phi) is 4.85. The smallest absolute Gasteiger partial charge is 0.252 e. The Morgan fingerprint density at radius 1 is 1.20 bits per heavy atom. The summed E-state index contributed by atoms with van der Waals surface area (Å²) in [5.74, 6) is 0.284. The Morgan fingerprint density at radius 3 is 2.63 bits per heavy atom. The van der Waals surface area contributed by atoms with Crippen LogP contribution in [-0.4, -0.2) is 30.6 Å². The number of halogens is 1. The van der Waals surface area contributed by atoms with Crippen molar-refractivity contribution in [2.24, 2.45) is 0 Å². The molecule has 0 fully saturated rings. The fourth-order valence-corrected chi connectivity index (χ4v) is 3.32. The molecule has 0 bridgehead atoms. The van der Waals surface area contributed by atoms with Gasteiger partial charge in [-0.25, -0.2) is 14.4 Å². The van der Waals surface area contributed by atoms with Gasteiger partial charge in [0.1, 0.15) is 11.6 Å². The summed E-state index contributed by atoms with van der Waals surface area (Å²) in [5, 5.41) is 8.23. The molecule has 0 radical (unpaired) electrons. The summed E-state index contributed by atoms with van der Waals surface area (Å²) < 4.78 is 15.3. The fraction of sp³-hybridized carbons (Fsp3) is 0.273. The van der Waals surface area contributed by atoms with E-state index in [0.717, 1.165) is 22.5 Å². The van der Waals surface area contributed by atoms with Gasteiger partial charge in [0.15, 0.2) is 0 Å². The third-order valence-corrected chi connectivity index (χ3v) is 4.91. The molecule has 0 saturated heterocycles. The minimum Gasteiger partial charge on any atom is -0.358 e. The molecule has 30 heavy (non-hydrogen) atoms. The van der Waals surface area contributed by atoms with Crippen molar-refractivity contribution in [2.45, 2.75) is 39.5 Å². The molecule has 2 N–H and O–H groups in total. The van der Waals surface area contributed by atoms with Gasteiger partial charge in [0, 0.05) is 40.5 Å². The van der Waals surface area contributed by atoms with Gasteiger partial charge >= 0.3 is 0 Å². The van der Waals surface area contributed by atoms with Crippen LogP contribution in [0.2, 0.25) is 0 Å². The number of nitrogens with one attached hydrogen (secondary N) is 2. The summed E-state index contributed by atoms with van der Waals surface area (Å²) in [7, 11) is 0. The number of hydrogen-bond acceptors (Lipinski definition) is 4. The zero-order valence-electron chi connectivity index (χ0n) is 17.3. The lowest BCUT2D eigenvalue weighted by molar-refractivity contribution is -0.115. The zero-order valence-corrected chi connectivity index (χ0v) is 17.3. The number of H-pyrrole nitrogens is 1. The van der Waals surface area contributed by atoms with E-state index in [0.29, 0.717) is 17.2 Å². The van der Waals surface area contributed by atoms with Crippen molar-refractivity contribution in [1.82, 2.24) is 24.7 Å². The molecule has 0 atom stereocenters. The molecule has 8 heteroatoms. The first kappa shape index (κ1) is 19.8. The molecular formula is C22H23FN6O. The van der Waals surface area contributed by atoms with E-state index in [4.69, 9.17) is 0 Å². The number of fused-ring (bicyclic) bond motifs is 1. The molecule has 4 aromatic rings. The number of carbonyl (C=O) groups excluding carboxylic acids is 1. The molecule has 0 saturated carbocycles. The first-order chi connectivity index (χ1) is 14.2. The van der Waals surface area contributed by atoms with Crippen LogP contribution in [0.1, 0.15) is 37.7 Å². The van der Waals surface area contributed by atoms with Crippen LogP contribution in [-0.2, 0) is 16.6 Å². The lowest BCUT2D eigenvalue weighted by Crippen LogP contribution is -2.18. The third kappa shape index (κ3) is 3.80. The van der Waals surface area contributed by atoms with E-state index in [1.807, 2.05) is 33.8 Å². The second-order valence-electron chi connectivity index (χ2n) is 8.27. The van der Waals surface area contributed by atoms with Gasteiger partial charge in [-0.3, -0.25) is 4.79 Å². The lowest BCUT2D eigenvalue weighted by Gasteiger charge is -2.13. The third-order valence-electron chi connectivity index (χ3n) is 4.91. The molecule has 4 rings (SSSR count). The standard InChI is InChI=1S/C22H23FN6O/c1-13-15(16-10-14(23)6-7-17(16)26-13)11-20(30)27-19-12-18(22(2,3)4)28-29(19)21-24-8-5-9-25-21/h5-10,12,26H,11H2,1-4H3,(H,27,30). The van der Waals surface area contributed by atoms with E-state index in [1.54, 1.807) is 24.5 Å². The van der Waals surface area contributed by atoms with E-state index < -0.39 is 0 Å². The zero-order chi connectivity index (χ0) is 21.5. The Hall–Kier alpha value is -3.55. The first-order valence-corrected chi connectivity index (χ1v) is 9.67. The highest BCUT2D eigenvalue weighted by molar-refractivity contribution is 5.96. The summed E-state index contributed by atoms with van der Waals surface area (Å²) in [5.41, 5.74) is 2.98. The van der Waals surface area contributed by atoms with Crippen LogP contribution >= 0.6 is 0 Å². The Morgan fingerprint density at radius 2 is 1.93 bits per heavy atom. The summed E-state index contributed by atoms with van der Waals surface area (Å²) in [6, 6.07) is 8.07. The monoisotopic (exact) mass is 406 g/mol. The van der Waals surface area contributed by atoms with Crippen molar-refractivity contribution in [3.63, 3.8) is 0 Å². The molecule has 1 amide bonds. The van der Waals surface area contributed by atoms with E-state index in [9.17, 15) is 9.18 Å². The number of aryl methyl sites for hydroxylation is 1. The van der Waals surface area contributed by atoms with Crippen molar-refractivity contribution < 1.29 is 9.18 Å². The molecular weight excluding hydrogens is 383 g/mol. The van der Waals surface area contributed by atoms with Crippen LogP contribution in [0.15, 0.2) is 42.7 Å². The molecule has 3 heterocycles. The molecule has 3 aromatic heterocycles. The van der Waals surface area contributed by atoms with Gasteiger partial charge in [-0.1, -0.05) is 20.8 Å². The highest BCUT2D eigenvalue weighted by atomic mass is 19.1. The van der Waals surface area contributed by atoms with Crippen LogP contribution in [0.5, 0.6) is 0 Å². The number of carbonyl (C=O) groups is 1. The van der Waals surface area contributed by atoms with E-state index in [1.165, 1.54) is 16.8 Å². The van der Waals surface area contributed by atoms with E-state index in [2.05, 4.69) is 25.4 Å². The number of nitrogens with zero attached hydrogens (tertiary/aromatic N) is 4. The van der Waals surface area contributed by atoms with Gasteiger partial charge < -0.3 is 10.3 Å². The Labute approximate surface area is 173 Å². The molecule has 0 unspecified atom stereocenters. The first-order valence-electron chi connectivity index (χ1n) is 9.67. The maximum Gasteiger partial charge on any atom is 0.252 e. The predicted molar refractivity (Wildman–Crippen MR) is 113 cm³/mol. The summed E-state index contributed by atoms with van der Waals surface area (Å²) in [6.07, 6.45) is 3.34. The fourth-order valence-electron chi connectivity index (χ4n) is 3.32. The molecule has 154 valence electrons. The largest absolute Gasteiger partial charge is 0.358 e. The minimum absolute atomic E-state index is 0.0982. The van der Waals surface area contributed by atoms with Crippen LogP contribution in [0, 0.1) is 12.7 Å². The highest BCUT2D eigenvalue weighted by Crippen LogP contribution is 2.27. The number of benzene rings is 1. The van der Waals surface area contributed by atoms with Gasteiger partial charge in [-0.2, -0.15) is 9.78 Å². The summed E-state index contributed by atoms with van der Waals surface area (Å²) >= 11 is 0. The number of anilines is 1. The van der Waals surface area contributed by atoms with E-state index in [-0.39, 0.29) is 23.6 Å². The number of aromatic amines is 1. The van der Waals surface area contributed by atoms with E-state index >= 15 is 0 Å². The van der Waals surface area contributed by atoms with Gasteiger partial charge in [0.2, 0.25) is 5.91 Å². The van der Waals surface area contributed by atoms with Crippen LogP contribution in [0.25, 0.3) is 16.9 Å². The SMILES string of the molecule is Cc1[nH]c2ccc(F)cc2c1CC(=O)Nc1cc(C(C)(C)C)nn1-c1ncccn1. The summed E-state index contributed by atoms with van der Waals surface area (Å²) in [4.78, 5) is 24.6. The molecule has 0 spiro atoms. The average molecular weight is 406 g/mol. The van der Waals surface area contributed by atoms with Crippen molar-refractivity contribution in [1.29, 1.82) is 0 Å².